The van der Waals surface area contributed by atoms with E-state index in [0.29, 0.717) is 25.7 Å². The SMILES string of the molecule is CCCCCCCCCCCCCCCC(=O)C[N+](CCO)(CCC(=O)O)C(=O)CCCCCCCCCCCCCCC.CCCCCCCCCCCCCCCC(=O)C[N+](CCO)(CCC(=O)O)C(=O)CCCCCCCCCCCCCCC.O=S(=O)([O-])[O-]. The lowest BCUT2D eigenvalue weighted by Crippen LogP contribution is -2.57. The van der Waals surface area contributed by atoms with Gasteiger partial charge in [-0.25, -0.2) is 9.59 Å². The van der Waals surface area contributed by atoms with Crippen molar-refractivity contribution in [2.75, 3.05) is 52.5 Å². The lowest BCUT2D eigenvalue weighted by molar-refractivity contribution is -0.847. The predicted octanol–water partition coefficient (Wildman–Crippen LogP) is 19.3. The number of ketones is 2. The molecular weight excluding hydrogens is 1200 g/mol. The van der Waals surface area contributed by atoms with Crippen LogP contribution in [0, 0.1) is 0 Å². The van der Waals surface area contributed by atoms with E-state index in [2.05, 4.69) is 27.7 Å². The molecule has 2 amide bonds. The number of quaternary nitrogens is 2. The van der Waals surface area contributed by atoms with E-state index in [1.165, 1.54) is 257 Å². The zero-order valence-electron chi connectivity index (χ0n) is 60.8. The quantitative estimate of drug-likeness (QED) is 0.0191. The highest BCUT2D eigenvalue weighted by atomic mass is 32.3. The van der Waals surface area contributed by atoms with Crippen LogP contribution in [-0.2, 0) is 39.2 Å². The average Bonchev–Trinajstić information content (AvgIpc) is 0.968. The zero-order chi connectivity index (χ0) is 69.6. The number of amides is 2. The number of aliphatic hydroxyl groups is 2. The Hall–Kier alpha value is -2.67. The minimum absolute atomic E-state index is 0.0172. The van der Waals surface area contributed by atoms with Crippen LogP contribution >= 0.6 is 0 Å². The molecule has 4 N–H and O–H groups in total. The van der Waals surface area contributed by atoms with Gasteiger partial charge in [0.1, 0.15) is 26.2 Å². The van der Waals surface area contributed by atoms with Gasteiger partial charge in [0.05, 0.1) is 52.0 Å². The molecule has 0 radical (unpaired) electrons. The van der Waals surface area contributed by atoms with Crippen molar-refractivity contribution in [3.63, 3.8) is 0 Å². The second-order valence-electron chi connectivity index (χ2n) is 27.5. The summed E-state index contributed by atoms with van der Waals surface area (Å²) < 4.78 is 33.7. The molecule has 16 nitrogen and oxygen atoms in total. The number of unbranched alkanes of at least 4 members (excludes halogenated alkanes) is 48. The molecule has 0 saturated carbocycles. The standard InChI is InChI=1S/2C38H73NO5.H2O4S/c2*1-3-5-7-9-11-13-15-17-19-21-23-25-27-29-36(41)35-39(33-34-40,32-31-38(43)44)37(42)30-28-26-24-22-20-18-16-14-12-10-8-6-4-2;1-5(2,3)4/h2*40H,3-35H2,1-2H3;(H2,1,2,3,4). The monoisotopic (exact) mass is 1350 g/mol. The van der Waals surface area contributed by atoms with Crippen LogP contribution in [0.25, 0.3) is 0 Å². The summed E-state index contributed by atoms with van der Waals surface area (Å²) in [7, 11) is -5.17. The molecule has 17 heteroatoms. The van der Waals surface area contributed by atoms with Gasteiger partial charge >= 0.3 is 23.8 Å². The van der Waals surface area contributed by atoms with Gasteiger partial charge in [0, 0.05) is 23.2 Å². The molecule has 0 rings (SSSR count). The van der Waals surface area contributed by atoms with E-state index < -0.39 is 22.3 Å². The first kappa shape index (κ1) is 94.5. The van der Waals surface area contributed by atoms with E-state index in [1.807, 2.05) is 0 Å². The third-order valence-corrected chi connectivity index (χ3v) is 18.7. The fourth-order valence-corrected chi connectivity index (χ4v) is 12.8. The van der Waals surface area contributed by atoms with E-state index in [-0.39, 0.29) is 97.7 Å². The smallest absolute Gasteiger partial charge is 0.314 e. The number of Topliss-reactive ketones (excluding diaryl/α,β-unsaturated/α-hetero) is 2. The fraction of sp³-hybridized carbons (Fsp3) is 0.921. The summed E-state index contributed by atoms with van der Waals surface area (Å²) in [6, 6.07) is 0. The third-order valence-electron chi connectivity index (χ3n) is 18.7. The number of aliphatic carboxylic acids is 2. The highest BCUT2D eigenvalue weighted by Crippen LogP contribution is 2.22. The number of nitrogens with zero attached hydrogens (tertiary/aromatic N) is 2. The summed E-state index contributed by atoms with van der Waals surface area (Å²) in [6.07, 6.45) is 65.7. The number of aliphatic hydroxyl groups excluding tert-OH is 2. The van der Waals surface area contributed by atoms with Crippen LogP contribution in [0.2, 0.25) is 0 Å². The van der Waals surface area contributed by atoms with E-state index in [4.69, 9.17) is 17.5 Å². The van der Waals surface area contributed by atoms with Crippen LogP contribution < -0.4 is 0 Å². The van der Waals surface area contributed by atoms with Crippen LogP contribution in [0.4, 0.5) is 0 Å². The van der Waals surface area contributed by atoms with Gasteiger partial charge in [-0.3, -0.25) is 36.6 Å². The van der Waals surface area contributed by atoms with Gasteiger partial charge in [-0.2, -0.15) is 0 Å². The van der Waals surface area contributed by atoms with Crippen molar-refractivity contribution < 1.29 is 75.7 Å². The summed E-state index contributed by atoms with van der Waals surface area (Å²) >= 11 is 0. The van der Waals surface area contributed by atoms with Crippen molar-refractivity contribution in [3.8, 4) is 0 Å². The van der Waals surface area contributed by atoms with Crippen LogP contribution in [0.1, 0.15) is 400 Å². The van der Waals surface area contributed by atoms with Crippen LogP contribution in [0.15, 0.2) is 0 Å². The van der Waals surface area contributed by atoms with Crippen molar-refractivity contribution in [1.82, 2.24) is 0 Å². The average molecular weight is 1350 g/mol. The molecule has 552 valence electrons. The first-order chi connectivity index (χ1) is 44.8. The van der Waals surface area contributed by atoms with Crippen molar-refractivity contribution in [3.05, 3.63) is 0 Å². The molecule has 0 fully saturated rings. The lowest BCUT2D eigenvalue weighted by Gasteiger charge is -2.34. The second-order valence-corrected chi connectivity index (χ2v) is 28.3. The summed E-state index contributed by atoms with van der Waals surface area (Å²) in [5, 5.41) is 38.2. The number of rotatable bonds is 70. The highest BCUT2D eigenvalue weighted by molar-refractivity contribution is 7.79. The Labute approximate surface area is 571 Å². The first-order valence-corrected chi connectivity index (χ1v) is 40.3. The molecule has 0 aromatic heterocycles. The number of hydrogen-bond acceptors (Lipinski definition) is 12. The van der Waals surface area contributed by atoms with Crippen LogP contribution in [0.3, 0.4) is 0 Å². The Morgan fingerprint density at radius 3 is 0.591 bits per heavy atom. The van der Waals surface area contributed by atoms with E-state index >= 15 is 0 Å². The molecule has 0 bridgehead atoms. The molecule has 0 heterocycles. The Kier molecular flexibility index (Phi) is 71.8. The molecule has 0 saturated heterocycles. The van der Waals surface area contributed by atoms with Crippen molar-refractivity contribution >= 4 is 45.7 Å². The maximum Gasteiger partial charge on any atom is 0.314 e. The van der Waals surface area contributed by atoms with Gasteiger partial charge in [0.25, 0.3) is 0 Å². The summed E-state index contributed by atoms with van der Waals surface area (Å²) in [4.78, 5) is 75.5. The van der Waals surface area contributed by atoms with Crippen molar-refractivity contribution in [2.24, 2.45) is 0 Å². The number of carboxylic acids is 2. The molecule has 0 aliphatic carbocycles. The Balaban J connectivity index is -0.00000162. The first-order valence-electron chi connectivity index (χ1n) is 39.0. The van der Waals surface area contributed by atoms with E-state index in [9.17, 15) is 49.2 Å². The van der Waals surface area contributed by atoms with Gasteiger partial charge in [-0.05, 0) is 25.7 Å². The summed E-state index contributed by atoms with van der Waals surface area (Å²) in [5.74, 6) is -2.06. The lowest BCUT2D eigenvalue weighted by atomic mass is 10.0. The number of carbonyl (C=O) groups excluding carboxylic acids is 4. The highest BCUT2D eigenvalue weighted by Gasteiger charge is 2.39. The molecule has 0 aliphatic heterocycles. The molecule has 0 aliphatic rings. The number of hydrogen-bond donors (Lipinski definition) is 4. The third kappa shape index (κ3) is 69.0. The zero-order valence-corrected chi connectivity index (χ0v) is 61.7. The van der Waals surface area contributed by atoms with Crippen LogP contribution in [0.5, 0.6) is 0 Å². The Morgan fingerprint density at radius 2 is 0.430 bits per heavy atom. The number of carboxylic acid groups (broad SMARTS) is 2. The summed E-state index contributed by atoms with van der Waals surface area (Å²) in [5.41, 5.74) is 0. The molecule has 0 spiro atoms. The minimum Gasteiger partial charge on any atom is -0.759 e. The molecule has 2 atom stereocenters. The summed E-state index contributed by atoms with van der Waals surface area (Å²) in [6.45, 7) is 9.00. The second kappa shape index (κ2) is 70.6. The molecule has 0 aromatic rings. The van der Waals surface area contributed by atoms with E-state index in [1.54, 1.807) is 0 Å². The Bertz CT molecular complexity index is 1710. The topological polar surface area (TPSA) is 264 Å². The number of carbonyl (C=O) groups is 6. The van der Waals surface area contributed by atoms with Gasteiger partial charge in [0.15, 0.2) is 11.6 Å². The molecular formula is C76H148N2O14S. The van der Waals surface area contributed by atoms with Crippen LogP contribution in [-0.4, -0.2) is 135 Å². The molecule has 0 aromatic carbocycles. The normalized spacial score (nSPS) is 12.7. The fourth-order valence-electron chi connectivity index (χ4n) is 12.8. The van der Waals surface area contributed by atoms with Crippen molar-refractivity contribution in [1.29, 1.82) is 0 Å². The van der Waals surface area contributed by atoms with Gasteiger partial charge < -0.3 is 29.5 Å². The minimum atomic E-state index is -5.17. The maximum absolute atomic E-state index is 13.4. The maximum atomic E-state index is 13.4. The Morgan fingerprint density at radius 1 is 0.269 bits per heavy atom. The molecule has 93 heavy (non-hydrogen) atoms. The van der Waals surface area contributed by atoms with Gasteiger partial charge in [0.2, 0.25) is 0 Å². The van der Waals surface area contributed by atoms with Gasteiger partial charge in [-0.15, -0.1) is 0 Å². The molecule has 2 unspecified atom stereocenters. The van der Waals surface area contributed by atoms with E-state index in [0.717, 1.165) is 77.0 Å². The largest absolute Gasteiger partial charge is 0.759 e. The van der Waals surface area contributed by atoms with Crippen molar-refractivity contribution in [2.45, 2.75) is 400 Å². The van der Waals surface area contributed by atoms with Gasteiger partial charge in [-0.1, -0.05) is 336 Å². The predicted molar refractivity (Wildman–Crippen MR) is 380 cm³/mol.